The second-order valence-corrected chi connectivity index (χ2v) is 6.67. The Morgan fingerprint density at radius 3 is 2.48 bits per heavy atom. The zero-order chi connectivity index (χ0) is 14.9. The maximum atomic E-state index is 12.2. The molecule has 0 unspecified atom stereocenters. The van der Waals surface area contributed by atoms with Gasteiger partial charge in [0.05, 0.1) is 5.56 Å². The molecule has 4 heteroatoms. The lowest BCUT2D eigenvalue weighted by atomic mass is 9.63. The lowest BCUT2D eigenvalue weighted by Gasteiger charge is -2.48. The van der Waals surface area contributed by atoms with Crippen molar-refractivity contribution >= 4 is 5.78 Å². The van der Waals surface area contributed by atoms with Crippen LogP contribution in [0.2, 0.25) is 0 Å². The van der Waals surface area contributed by atoms with Crippen molar-refractivity contribution in [3.8, 4) is 0 Å². The van der Waals surface area contributed by atoms with Crippen molar-refractivity contribution in [2.24, 2.45) is 5.41 Å². The molecule has 21 heavy (non-hydrogen) atoms. The van der Waals surface area contributed by atoms with Gasteiger partial charge in [0.1, 0.15) is 0 Å². The van der Waals surface area contributed by atoms with Gasteiger partial charge >= 0.3 is 0 Å². The Balaban J connectivity index is 1.57. The van der Waals surface area contributed by atoms with Crippen LogP contribution in [0.1, 0.15) is 49.4 Å². The molecule has 0 N–H and O–H groups in total. The van der Waals surface area contributed by atoms with E-state index >= 15 is 0 Å². The third-order valence-corrected chi connectivity index (χ3v) is 5.39. The summed E-state index contributed by atoms with van der Waals surface area (Å²) < 4.78 is 1.67. The molecule has 0 aromatic carbocycles. The van der Waals surface area contributed by atoms with Gasteiger partial charge in [0.2, 0.25) is 0 Å². The molecule has 2 fully saturated rings. The highest BCUT2D eigenvalue weighted by Gasteiger charge is 2.39. The molecule has 4 nitrogen and oxygen atoms in total. The molecule has 0 amide bonds. The van der Waals surface area contributed by atoms with Crippen molar-refractivity contribution in [2.45, 2.75) is 45.6 Å². The molecule has 1 saturated heterocycles. The summed E-state index contributed by atoms with van der Waals surface area (Å²) in [4.78, 5) is 26.0. The van der Waals surface area contributed by atoms with E-state index in [2.05, 4.69) is 4.90 Å². The minimum Gasteiger partial charge on any atom is -0.314 e. The molecule has 1 aromatic heterocycles. The summed E-state index contributed by atoms with van der Waals surface area (Å²) in [5, 5.41) is 0. The normalized spacial score (nSPS) is 21.2. The van der Waals surface area contributed by atoms with Gasteiger partial charge in [0.15, 0.2) is 5.78 Å². The number of likely N-dealkylation sites (tertiary alicyclic amines) is 1. The van der Waals surface area contributed by atoms with Crippen LogP contribution in [-0.2, 0) is 6.54 Å². The standard InChI is InChI=1S/C17H24N2O2/c1-14(20)15-4-2-9-19(16(15)21)13-12-18-10-7-17(8-11-18)5-3-6-17/h2,4,9H,3,5-8,10-13H2,1H3. The summed E-state index contributed by atoms with van der Waals surface area (Å²) in [5.74, 6) is -0.153. The summed E-state index contributed by atoms with van der Waals surface area (Å²) in [5.41, 5.74) is 0.809. The molecule has 114 valence electrons. The maximum absolute atomic E-state index is 12.2. The molecule has 1 spiro atoms. The van der Waals surface area contributed by atoms with Gasteiger partial charge < -0.3 is 9.47 Å². The zero-order valence-electron chi connectivity index (χ0n) is 12.8. The third-order valence-electron chi connectivity index (χ3n) is 5.39. The predicted octanol–water partition coefficient (Wildman–Crippen LogP) is 2.32. The number of carbonyl (C=O) groups is 1. The largest absolute Gasteiger partial charge is 0.314 e. The first-order valence-corrected chi connectivity index (χ1v) is 8.02. The summed E-state index contributed by atoms with van der Waals surface area (Å²) in [6, 6.07) is 3.40. The first-order valence-electron chi connectivity index (χ1n) is 8.02. The molecule has 0 bridgehead atoms. The van der Waals surface area contributed by atoms with Gasteiger partial charge in [-0.2, -0.15) is 0 Å². The monoisotopic (exact) mass is 288 g/mol. The van der Waals surface area contributed by atoms with Crippen molar-refractivity contribution in [3.63, 3.8) is 0 Å². The van der Waals surface area contributed by atoms with Gasteiger partial charge in [-0.1, -0.05) is 6.42 Å². The van der Waals surface area contributed by atoms with Crippen LogP contribution in [0.3, 0.4) is 0 Å². The average molecular weight is 288 g/mol. The second kappa shape index (κ2) is 5.76. The number of nitrogens with zero attached hydrogens (tertiary/aromatic N) is 2. The van der Waals surface area contributed by atoms with Crippen LogP contribution in [0.25, 0.3) is 0 Å². The van der Waals surface area contributed by atoms with Crippen molar-refractivity contribution in [3.05, 3.63) is 34.2 Å². The van der Waals surface area contributed by atoms with E-state index in [0.717, 1.165) is 19.6 Å². The third kappa shape index (κ3) is 2.95. The molecular formula is C17H24N2O2. The van der Waals surface area contributed by atoms with Crippen LogP contribution in [-0.4, -0.2) is 34.9 Å². The van der Waals surface area contributed by atoms with Gasteiger partial charge in [-0.15, -0.1) is 0 Å². The van der Waals surface area contributed by atoms with E-state index in [4.69, 9.17) is 0 Å². The van der Waals surface area contributed by atoms with E-state index in [0.29, 0.717) is 17.5 Å². The fourth-order valence-corrected chi connectivity index (χ4v) is 3.66. The first-order chi connectivity index (χ1) is 10.1. The zero-order valence-corrected chi connectivity index (χ0v) is 12.8. The molecule has 1 saturated carbocycles. The van der Waals surface area contributed by atoms with Gasteiger partial charge in [-0.05, 0) is 63.2 Å². The predicted molar refractivity (Wildman–Crippen MR) is 82.7 cm³/mol. The van der Waals surface area contributed by atoms with E-state index < -0.39 is 0 Å². The van der Waals surface area contributed by atoms with Crippen molar-refractivity contribution in [1.82, 2.24) is 9.47 Å². The van der Waals surface area contributed by atoms with Crippen molar-refractivity contribution in [2.75, 3.05) is 19.6 Å². The fraction of sp³-hybridized carbons (Fsp3) is 0.647. The fourth-order valence-electron chi connectivity index (χ4n) is 3.66. The Hall–Kier alpha value is -1.42. The first kappa shape index (κ1) is 14.5. The number of piperidine rings is 1. The number of carbonyl (C=O) groups excluding carboxylic acids is 1. The SMILES string of the molecule is CC(=O)c1cccn(CCN2CCC3(CCC3)CC2)c1=O. The van der Waals surface area contributed by atoms with Crippen molar-refractivity contribution in [1.29, 1.82) is 0 Å². The van der Waals surface area contributed by atoms with Gasteiger partial charge in [0, 0.05) is 19.3 Å². The highest BCUT2D eigenvalue weighted by atomic mass is 16.1. The van der Waals surface area contributed by atoms with Crippen LogP contribution in [0, 0.1) is 5.41 Å². The summed E-state index contributed by atoms with van der Waals surface area (Å²) in [6.45, 7) is 5.33. The minimum atomic E-state index is -0.155. The van der Waals surface area contributed by atoms with Crippen LogP contribution < -0.4 is 5.56 Å². The molecule has 1 aliphatic carbocycles. The Bertz CT molecular complexity index is 577. The van der Waals surface area contributed by atoms with E-state index in [1.807, 2.05) is 0 Å². The number of hydrogen-bond acceptors (Lipinski definition) is 3. The molecular weight excluding hydrogens is 264 g/mol. The van der Waals surface area contributed by atoms with E-state index in [-0.39, 0.29) is 11.3 Å². The number of aromatic nitrogens is 1. The minimum absolute atomic E-state index is 0.153. The average Bonchev–Trinajstić information content (AvgIpc) is 2.45. The molecule has 1 aliphatic heterocycles. The lowest BCUT2D eigenvalue weighted by molar-refractivity contribution is 0.0322. The number of hydrogen-bond donors (Lipinski definition) is 0. The number of ketones is 1. The highest BCUT2D eigenvalue weighted by molar-refractivity contribution is 5.93. The van der Waals surface area contributed by atoms with E-state index in [1.54, 1.807) is 22.9 Å². The molecule has 0 atom stereocenters. The molecule has 2 heterocycles. The Kier molecular flexibility index (Phi) is 3.98. The number of Topliss-reactive ketones (excluding diaryl/α,β-unsaturated/α-hetero) is 1. The number of rotatable bonds is 4. The van der Waals surface area contributed by atoms with Crippen LogP contribution >= 0.6 is 0 Å². The summed E-state index contributed by atoms with van der Waals surface area (Å²) in [6.07, 6.45) is 8.66. The Morgan fingerprint density at radius 1 is 1.19 bits per heavy atom. The molecule has 1 aromatic rings. The summed E-state index contributed by atoms with van der Waals surface area (Å²) >= 11 is 0. The Morgan fingerprint density at radius 2 is 1.90 bits per heavy atom. The Labute approximate surface area is 125 Å². The topological polar surface area (TPSA) is 42.3 Å². The lowest BCUT2D eigenvalue weighted by Crippen LogP contribution is -2.44. The van der Waals surface area contributed by atoms with E-state index in [1.165, 1.54) is 39.0 Å². The second-order valence-electron chi connectivity index (χ2n) is 6.67. The van der Waals surface area contributed by atoms with Gasteiger partial charge in [0.25, 0.3) is 5.56 Å². The maximum Gasteiger partial charge on any atom is 0.261 e. The molecule has 3 rings (SSSR count). The van der Waals surface area contributed by atoms with Gasteiger partial charge in [-0.25, -0.2) is 0 Å². The summed E-state index contributed by atoms with van der Waals surface area (Å²) in [7, 11) is 0. The van der Waals surface area contributed by atoms with Crippen LogP contribution in [0.5, 0.6) is 0 Å². The van der Waals surface area contributed by atoms with Gasteiger partial charge in [-0.3, -0.25) is 9.59 Å². The van der Waals surface area contributed by atoms with Crippen LogP contribution in [0.15, 0.2) is 23.1 Å². The quantitative estimate of drug-likeness (QED) is 0.799. The molecule has 0 radical (unpaired) electrons. The van der Waals surface area contributed by atoms with Crippen LogP contribution in [0.4, 0.5) is 0 Å². The smallest absolute Gasteiger partial charge is 0.261 e. The highest BCUT2D eigenvalue weighted by Crippen LogP contribution is 2.48. The molecule has 2 aliphatic rings. The van der Waals surface area contributed by atoms with E-state index in [9.17, 15) is 9.59 Å². The number of pyridine rings is 1. The van der Waals surface area contributed by atoms with Crippen molar-refractivity contribution < 1.29 is 4.79 Å².